The Morgan fingerprint density at radius 3 is 0.556 bits per heavy atom. The molecule has 0 spiro atoms. The van der Waals surface area contributed by atoms with Crippen molar-refractivity contribution in [1.82, 2.24) is 0 Å². The fourth-order valence-corrected chi connectivity index (χ4v) is 11.6. The van der Waals surface area contributed by atoms with E-state index in [1.165, 1.54) is 65.2 Å². The Balaban J connectivity index is 0.000000200. The summed E-state index contributed by atoms with van der Waals surface area (Å²) < 4.78 is 0. The first-order chi connectivity index (χ1) is 21.3. The number of rotatable bonds is 6. The average Bonchev–Trinajstić information content (AvgIpc) is 2.98. The Hall–Kier alpha value is -3.31. The van der Waals surface area contributed by atoms with Gasteiger partial charge in [-0.3, -0.25) is 0 Å². The van der Waals surface area contributed by atoms with Crippen molar-refractivity contribution in [2.24, 2.45) is 0 Å². The van der Waals surface area contributed by atoms with Gasteiger partial charge in [0.15, 0.2) is 0 Å². The molecular formula is C42H44CoP2+2. The van der Waals surface area contributed by atoms with Crippen LogP contribution in [-0.4, -0.2) is 0 Å². The second kappa shape index (κ2) is 16.3. The summed E-state index contributed by atoms with van der Waals surface area (Å²) in [7, 11) is -1.89. The van der Waals surface area contributed by atoms with E-state index in [4.69, 9.17) is 0 Å². The molecule has 0 saturated carbocycles. The molecule has 6 rings (SSSR count). The molecule has 1 radical (unpaired) electrons. The molecule has 0 aliphatic heterocycles. The Kier molecular flexibility index (Phi) is 12.5. The molecule has 6 aromatic carbocycles. The number of hydrogen-bond donors (Lipinski definition) is 0. The standard InChI is InChI=1S/2C21H21P.Co/c2*1-16-7-4-10-19(13-16)22(20-11-5-8-17(2)14-20)21-12-6-9-18(3)15-21;/h2*4-15H,1-3H3;/p+2. The van der Waals surface area contributed by atoms with Crippen LogP contribution in [-0.2, 0) is 16.8 Å². The fourth-order valence-electron chi connectivity index (χ4n) is 5.80. The van der Waals surface area contributed by atoms with Crippen molar-refractivity contribution < 1.29 is 16.8 Å². The van der Waals surface area contributed by atoms with E-state index in [9.17, 15) is 0 Å². The number of hydrogen-bond acceptors (Lipinski definition) is 0. The predicted octanol–water partition coefficient (Wildman–Crippen LogP) is 8.20. The van der Waals surface area contributed by atoms with E-state index in [0.29, 0.717) is 0 Å². The van der Waals surface area contributed by atoms with Crippen LogP contribution in [0, 0.1) is 41.5 Å². The van der Waals surface area contributed by atoms with Gasteiger partial charge in [-0.15, -0.1) is 0 Å². The van der Waals surface area contributed by atoms with Crippen LogP contribution >= 0.6 is 15.8 Å². The molecule has 3 heteroatoms. The molecule has 0 atom stereocenters. The van der Waals surface area contributed by atoms with Gasteiger partial charge in [-0.05, 0) is 148 Å². The smallest absolute Gasteiger partial charge is 0.0590 e. The summed E-state index contributed by atoms with van der Waals surface area (Å²) in [6.07, 6.45) is 0. The number of benzene rings is 6. The molecule has 45 heavy (non-hydrogen) atoms. The van der Waals surface area contributed by atoms with Crippen molar-refractivity contribution in [2.45, 2.75) is 41.5 Å². The molecule has 0 amide bonds. The fraction of sp³-hybridized carbons (Fsp3) is 0.143. The zero-order valence-corrected chi connectivity index (χ0v) is 30.2. The quantitative estimate of drug-likeness (QED) is 0.157. The predicted molar refractivity (Wildman–Crippen MR) is 202 cm³/mol. The normalized spacial score (nSPS) is 10.7. The van der Waals surface area contributed by atoms with E-state index in [-0.39, 0.29) is 16.8 Å². The van der Waals surface area contributed by atoms with Crippen molar-refractivity contribution in [3.05, 3.63) is 179 Å². The SMILES string of the molecule is Cc1cccc([PH+](c2cccc(C)c2)c2cccc(C)c2)c1.Cc1cccc([PH+](c2cccc(C)c2)c2cccc(C)c2)c1.[Co]. The third-order valence-electron chi connectivity index (χ3n) is 7.84. The van der Waals surface area contributed by atoms with Crippen molar-refractivity contribution >= 4 is 47.7 Å². The van der Waals surface area contributed by atoms with Crippen molar-refractivity contribution in [3.8, 4) is 0 Å². The summed E-state index contributed by atoms with van der Waals surface area (Å²) in [5, 5.41) is 8.76. The minimum absolute atomic E-state index is 0. The van der Waals surface area contributed by atoms with Gasteiger partial charge in [0, 0.05) is 16.8 Å². The van der Waals surface area contributed by atoms with Gasteiger partial charge in [0.1, 0.15) is 31.8 Å². The van der Waals surface area contributed by atoms with Gasteiger partial charge >= 0.3 is 0 Å². The first-order valence-corrected chi connectivity index (χ1v) is 18.4. The van der Waals surface area contributed by atoms with Crippen molar-refractivity contribution in [3.63, 3.8) is 0 Å². The van der Waals surface area contributed by atoms with Gasteiger partial charge in [-0.25, -0.2) is 0 Å². The molecule has 229 valence electrons. The maximum atomic E-state index is 2.35. The van der Waals surface area contributed by atoms with Gasteiger partial charge in [-0.2, -0.15) is 0 Å². The summed E-state index contributed by atoms with van der Waals surface area (Å²) in [6.45, 7) is 13.1. The van der Waals surface area contributed by atoms with Crippen LogP contribution < -0.4 is 31.8 Å². The maximum absolute atomic E-state index is 2.35. The molecule has 0 N–H and O–H groups in total. The summed E-state index contributed by atoms with van der Waals surface area (Å²) in [6, 6.07) is 53.9. The van der Waals surface area contributed by atoms with Crippen LogP contribution in [0.3, 0.4) is 0 Å². The van der Waals surface area contributed by atoms with Crippen LogP contribution in [0.2, 0.25) is 0 Å². The van der Waals surface area contributed by atoms with Crippen molar-refractivity contribution in [2.75, 3.05) is 0 Å². The Morgan fingerprint density at radius 2 is 0.422 bits per heavy atom. The Morgan fingerprint density at radius 1 is 0.267 bits per heavy atom. The first-order valence-electron chi connectivity index (χ1n) is 15.4. The largest absolute Gasteiger partial charge is 0.102 e. The van der Waals surface area contributed by atoms with Gasteiger partial charge < -0.3 is 0 Å². The number of aryl methyl sites for hydroxylation is 6. The zero-order valence-electron chi connectivity index (χ0n) is 27.2. The summed E-state index contributed by atoms with van der Waals surface area (Å²) >= 11 is 0. The summed E-state index contributed by atoms with van der Waals surface area (Å²) in [5.74, 6) is 0. The average molecular weight is 670 g/mol. The molecule has 0 nitrogen and oxygen atoms in total. The summed E-state index contributed by atoms with van der Waals surface area (Å²) in [5.41, 5.74) is 8.00. The monoisotopic (exact) mass is 669 g/mol. The third kappa shape index (κ3) is 9.35. The molecule has 0 aromatic heterocycles. The molecule has 0 aliphatic rings. The topological polar surface area (TPSA) is 0 Å². The van der Waals surface area contributed by atoms with E-state index >= 15 is 0 Å². The van der Waals surface area contributed by atoms with Gasteiger partial charge in [0.25, 0.3) is 0 Å². The van der Waals surface area contributed by atoms with E-state index < -0.39 is 15.8 Å². The molecule has 0 heterocycles. The van der Waals surface area contributed by atoms with Gasteiger partial charge in [0.05, 0.1) is 15.8 Å². The van der Waals surface area contributed by atoms with Gasteiger partial charge in [-0.1, -0.05) is 72.8 Å². The van der Waals surface area contributed by atoms with Crippen molar-refractivity contribution in [1.29, 1.82) is 0 Å². The van der Waals surface area contributed by atoms with E-state index in [1.54, 1.807) is 0 Å². The summed E-state index contributed by atoms with van der Waals surface area (Å²) in [4.78, 5) is 0. The molecule has 6 aromatic rings. The molecule has 0 aliphatic carbocycles. The maximum Gasteiger partial charge on any atom is 0.102 e. The molecule has 0 unspecified atom stereocenters. The minimum Gasteiger partial charge on any atom is -0.0590 e. The van der Waals surface area contributed by atoms with Crippen LogP contribution in [0.1, 0.15) is 33.4 Å². The zero-order chi connectivity index (χ0) is 31.1. The second-order valence-corrected chi connectivity index (χ2v) is 16.9. The van der Waals surface area contributed by atoms with Crippen LogP contribution in [0.15, 0.2) is 146 Å². The molecule has 0 bridgehead atoms. The third-order valence-corrected chi connectivity index (χ3v) is 13.2. The van der Waals surface area contributed by atoms with Gasteiger partial charge in [0.2, 0.25) is 0 Å². The minimum atomic E-state index is -0.944. The van der Waals surface area contributed by atoms with Crippen LogP contribution in [0.25, 0.3) is 0 Å². The van der Waals surface area contributed by atoms with E-state index in [0.717, 1.165) is 0 Å². The Bertz CT molecular complexity index is 1510. The molecular weight excluding hydrogens is 625 g/mol. The van der Waals surface area contributed by atoms with E-state index in [1.807, 2.05) is 0 Å². The Labute approximate surface area is 283 Å². The van der Waals surface area contributed by atoms with Crippen LogP contribution in [0.5, 0.6) is 0 Å². The second-order valence-electron chi connectivity index (χ2n) is 12.0. The van der Waals surface area contributed by atoms with E-state index in [2.05, 4.69) is 187 Å². The molecule has 0 saturated heterocycles. The van der Waals surface area contributed by atoms with Crippen LogP contribution in [0.4, 0.5) is 0 Å². The molecule has 0 fully saturated rings. The first kappa shape index (κ1) is 34.6.